The second kappa shape index (κ2) is 4.16. The number of aromatic nitrogens is 4. The Balaban J connectivity index is 2.60. The normalized spacial score (nSPS) is 10.8. The SMILES string of the molecule is CCc1nn(-c2nc(C)cc(C)n2)c(N)c1C. The van der Waals surface area contributed by atoms with E-state index >= 15 is 0 Å². The average Bonchev–Trinajstić information content (AvgIpc) is 2.54. The molecule has 5 nitrogen and oxygen atoms in total. The summed E-state index contributed by atoms with van der Waals surface area (Å²) in [5.74, 6) is 1.16. The predicted octanol–water partition coefficient (Wildman–Crippen LogP) is 1.73. The standard InChI is InChI=1S/C12H17N5/c1-5-10-9(4)11(13)17(16-10)12-14-7(2)6-8(3)15-12/h6H,5,13H2,1-4H3. The maximum Gasteiger partial charge on any atom is 0.252 e. The smallest absolute Gasteiger partial charge is 0.252 e. The van der Waals surface area contributed by atoms with Gasteiger partial charge in [0.2, 0.25) is 0 Å². The molecule has 0 aromatic carbocycles. The third-order valence-corrected chi connectivity index (χ3v) is 2.76. The molecular formula is C12H17N5. The second-order valence-electron chi connectivity index (χ2n) is 4.17. The first-order valence-corrected chi connectivity index (χ1v) is 5.69. The van der Waals surface area contributed by atoms with Gasteiger partial charge in [-0.1, -0.05) is 6.92 Å². The van der Waals surface area contributed by atoms with Gasteiger partial charge in [-0.25, -0.2) is 9.97 Å². The minimum atomic E-state index is 0.544. The highest BCUT2D eigenvalue weighted by Gasteiger charge is 2.13. The van der Waals surface area contributed by atoms with E-state index in [4.69, 9.17) is 5.73 Å². The van der Waals surface area contributed by atoms with E-state index in [9.17, 15) is 0 Å². The lowest BCUT2D eigenvalue weighted by Crippen LogP contribution is -2.08. The summed E-state index contributed by atoms with van der Waals surface area (Å²) in [4.78, 5) is 8.73. The van der Waals surface area contributed by atoms with Crippen LogP contribution in [0.2, 0.25) is 0 Å². The maximum atomic E-state index is 6.03. The van der Waals surface area contributed by atoms with Gasteiger partial charge in [-0.2, -0.15) is 9.78 Å². The van der Waals surface area contributed by atoms with E-state index in [-0.39, 0.29) is 0 Å². The summed E-state index contributed by atoms with van der Waals surface area (Å²) < 4.78 is 1.62. The Hall–Kier alpha value is -1.91. The molecular weight excluding hydrogens is 214 g/mol. The van der Waals surface area contributed by atoms with Crippen molar-refractivity contribution in [3.8, 4) is 5.95 Å². The summed E-state index contributed by atoms with van der Waals surface area (Å²) in [7, 11) is 0. The van der Waals surface area contributed by atoms with Gasteiger partial charge in [-0.3, -0.25) is 0 Å². The second-order valence-corrected chi connectivity index (χ2v) is 4.17. The molecule has 0 saturated heterocycles. The van der Waals surface area contributed by atoms with Gasteiger partial charge >= 0.3 is 0 Å². The van der Waals surface area contributed by atoms with Crippen molar-refractivity contribution in [1.82, 2.24) is 19.7 Å². The van der Waals surface area contributed by atoms with Crippen LogP contribution in [0.5, 0.6) is 0 Å². The third kappa shape index (κ3) is 2.00. The van der Waals surface area contributed by atoms with Crippen molar-refractivity contribution in [2.75, 3.05) is 5.73 Å². The van der Waals surface area contributed by atoms with Crippen molar-refractivity contribution in [1.29, 1.82) is 0 Å². The van der Waals surface area contributed by atoms with Crippen LogP contribution in [0.3, 0.4) is 0 Å². The van der Waals surface area contributed by atoms with Gasteiger partial charge in [0, 0.05) is 17.0 Å². The van der Waals surface area contributed by atoms with Gasteiger partial charge < -0.3 is 5.73 Å². The molecule has 17 heavy (non-hydrogen) atoms. The summed E-state index contributed by atoms with van der Waals surface area (Å²) in [5, 5.41) is 4.45. The van der Waals surface area contributed by atoms with Crippen molar-refractivity contribution in [3.05, 3.63) is 28.7 Å². The van der Waals surface area contributed by atoms with E-state index in [0.717, 1.165) is 29.1 Å². The number of hydrogen-bond donors (Lipinski definition) is 1. The molecule has 2 N–H and O–H groups in total. The molecule has 0 aliphatic heterocycles. The molecule has 0 aliphatic rings. The molecule has 0 bridgehead atoms. The molecule has 0 saturated carbocycles. The van der Waals surface area contributed by atoms with Crippen molar-refractivity contribution >= 4 is 5.82 Å². The highest BCUT2D eigenvalue weighted by Crippen LogP contribution is 2.18. The fourth-order valence-corrected chi connectivity index (χ4v) is 1.85. The van der Waals surface area contributed by atoms with Crippen LogP contribution in [0, 0.1) is 20.8 Å². The van der Waals surface area contributed by atoms with Crippen molar-refractivity contribution in [3.63, 3.8) is 0 Å². The molecule has 5 heteroatoms. The van der Waals surface area contributed by atoms with Crippen LogP contribution in [0.1, 0.15) is 29.6 Å². The summed E-state index contributed by atoms with van der Waals surface area (Å²) in [6.07, 6.45) is 0.855. The van der Waals surface area contributed by atoms with Crippen molar-refractivity contribution in [2.45, 2.75) is 34.1 Å². The molecule has 2 aromatic rings. The van der Waals surface area contributed by atoms with Crippen LogP contribution >= 0.6 is 0 Å². The van der Waals surface area contributed by atoms with E-state index in [1.165, 1.54) is 0 Å². The summed E-state index contributed by atoms with van der Waals surface area (Å²) in [5.41, 5.74) is 9.86. The Morgan fingerprint density at radius 1 is 1.18 bits per heavy atom. The lowest BCUT2D eigenvalue weighted by atomic mass is 10.2. The number of nitrogen functional groups attached to an aromatic ring is 1. The van der Waals surface area contributed by atoms with Gasteiger partial charge in [0.1, 0.15) is 5.82 Å². The van der Waals surface area contributed by atoms with E-state index in [1.54, 1.807) is 4.68 Å². The lowest BCUT2D eigenvalue weighted by Gasteiger charge is -2.04. The molecule has 0 fully saturated rings. The molecule has 0 unspecified atom stereocenters. The molecule has 2 heterocycles. The Kier molecular flexibility index (Phi) is 2.83. The van der Waals surface area contributed by atoms with Crippen LogP contribution in [0.25, 0.3) is 5.95 Å². The fraction of sp³-hybridized carbons (Fsp3) is 0.417. The summed E-state index contributed by atoms with van der Waals surface area (Å²) in [6.45, 7) is 7.90. The maximum absolute atomic E-state index is 6.03. The molecule has 2 rings (SSSR count). The zero-order valence-corrected chi connectivity index (χ0v) is 10.7. The number of anilines is 1. The highest BCUT2D eigenvalue weighted by atomic mass is 15.4. The van der Waals surface area contributed by atoms with Gasteiger partial charge in [-0.05, 0) is 33.3 Å². The summed E-state index contributed by atoms with van der Waals surface area (Å²) >= 11 is 0. The molecule has 0 radical (unpaired) electrons. The zero-order valence-electron chi connectivity index (χ0n) is 10.7. The Bertz CT molecular complexity index is 536. The van der Waals surface area contributed by atoms with E-state index in [1.807, 2.05) is 26.8 Å². The monoisotopic (exact) mass is 231 g/mol. The quantitative estimate of drug-likeness (QED) is 0.854. The van der Waals surface area contributed by atoms with Gasteiger partial charge in [-0.15, -0.1) is 0 Å². The zero-order chi connectivity index (χ0) is 12.6. The van der Waals surface area contributed by atoms with E-state index < -0.39 is 0 Å². The first-order valence-electron chi connectivity index (χ1n) is 5.69. The first-order chi connectivity index (χ1) is 8.02. The minimum absolute atomic E-state index is 0.544. The fourth-order valence-electron chi connectivity index (χ4n) is 1.85. The third-order valence-electron chi connectivity index (χ3n) is 2.76. The number of nitrogens with zero attached hydrogens (tertiary/aromatic N) is 4. The molecule has 0 aliphatic carbocycles. The number of aryl methyl sites for hydroxylation is 3. The topological polar surface area (TPSA) is 69.6 Å². The Morgan fingerprint density at radius 3 is 2.24 bits per heavy atom. The Morgan fingerprint density at radius 2 is 1.76 bits per heavy atom. The van der Waals surface area contributed by atoms with E-state index in [2.05, 4.69) is 22.0 Å². The molecule has 0 spiro atoms. The first kappa shape index (κ1) is 11.6. The Labute approximate surface area is 101 Å². The number of nitrogens with two attached hydrogens (primary N) is 1. The van der Waals surface area contributed by atoms with Crippen LogP contribution in [0.15, 0.2) is 6.07 Å². The van der Waals surface area contributed by atoms with Gasteiger partial charge in [0.25, 0.3) is 5.95 Å². The van der Waals surface area contributed by atoms with Gasteiger partial charge in [0.05, 0.1) is 5.69 Å². The van der Waals surface area contributed by atoms with Crippen LogP contribution in [-0.2, 0) is 6.42 Å². The lowest BCUT2D eigenvalue weighted by molar-refractivity contribution is 0.781. The van der Waals surface area contributed by atoms with Crippen LogP contribution in [-0.4, -0.2) is 19.7 Å². The van der Waals surface area contributed by atoms with Crippen LogP contribution < -0.4 is 5.73 Å². The number of hydrogen-bond acceptors (Lipinski definition) is 4. The molecule has 90 valence electrons. The molecule has 0 amide bonds. The molecule has 2 aromatic heterocycles. The summed E-state index contributed by atoms with van der Waals surface area (Å²) in [6, 6.07) is 1.93. The van der Waals surface area contributed by atoms with Crippen molar-refractivity contribution in [2.24, 2.45) is 0 Å². The molecule has 0 atom stereocenters. The highest BCUT2D eigenvalue weighted by molar-refractivity contribution is 5.46. The predicted molar refractivity (Wildman–Crippen MR) is 67.2 cm³/mol. The van der Waals surface area contributed by atoms with Crippen molar-refractivity contribution < 1.29 is 0 Å². The minimum Gasteiger partial charge on any atom is -0.383 e. The van der Waals surface area contributed by atoms with Crippen LogP contribution in [0.4, 0.5) is 5.82 Å². The van der Waals surface area contributed by atoms with Gasteiger partial charge in [0.15, 0.2) is 0 Å². The largest absolute Gasteiger partial charge is 0.383 e. The number of rotatable bonds is 2. The average molecular weight is 231 g/mol. The van der Waals surface area contributed by atoms with E-state index in [0.29, 0.717) is 11.8 Å².